The lowest BCUT2D eigenvalue weighted by Crippen LogP contribution is -2.58. The molecule has 0 radical (unpaired) electrons. The van der Waals surface area contributed by atoms with Crippen LogP contribution >= 0.6 is 0 Å². The zero-order valence-electron chi connectivity index (χ0n) is 19.9. The van der Waals surface area contributed by atoms with E-state index in [1.54, 1.807) is 11.8 Å². The number of ether oxygens (including phenoxy) is 1. The predicted octanol–water partition coefficient (Wildman–Crippen LogP) is 4.12. The average Bonchev–Trinajstić information content (AvgIpc) is 3.13. The number of carbonyl (C=O) groups is 3. The maximum Gasteiger partial charge on any atom is 0.407 e. The molecule has 0 bridgehead atoms. The first-order valence-electron chi connectivity index (χ1n) is 11.9. The van der Waals surface area contributed by atoms with E-state index >= 15 is 0 Å². The van der Waals surface area contributed by atoms with Crippen LogP contribution < -0.4 is 5.32 Å². The van der Waals surface area contributed by atoms with Crippen LogP contribution in [-0.2, 0) is 14.3 Å². The van der Waals surface area contributed by atoms with Crippen molar-refractivity contribution in [3.63, 3.8) is 0 Å². The normalized spacial score (nSPS) is 17.7. The lowest BCUT2D eigenvalue weighted by molar-refractivity contribution is -0.155. The number of hydrogen-bond donors (Lipinski definition) is 2. The number of alkyl carbamates (subject to hydrolysis) is 1. The van der Waals surface area contributed by atoms with Gasteiger partial charge in [-0.25, -0.2) is 4.79 Å². The van der Waals surface area contributed by atoms with Crippen LogP contribution in [0.1, 0.15) is 44.2 Å². The molecule has 2 aromatic carbocycles. The number of likely N-dealkylation sites (tertiary alicyclic amines) is 1. The molecule has 2 atom stereocenters. The second-order valence-corrected chi connectivity index (χ2v) is 9.69. The van der Waals surface area contributed by atoms with Gasteiger partial charge in [-0.3, -0.25) is 9.59 Å². The summed E-state index contributed by atoms with van der Waals surface area (Å²) in [6, 6.07) is 16.3. The molecule has 2 aliphatic rings. The van der Waals surface area contributed by atoms with Crippen molar-refractivity contribution in [3.05, 3.63) is 59.7 Å². The van der Waals surface area contributed by atoms with Crippen molar-refractivity contribution < 1.29 is 24.2 Å². The summed E-state index contributed by atoms with van der Waals surface area (Å²) in [5.74, 6) is -1.44. The molecule has 34 heavy (non-hydrogen) atoms. The minimum absolute atomic E-state index is 0.0217. The number of carboxylic acids is 1. The molecule has 1 saturated heterocycles. The third kappa shape index (κ3) is 4.39. The van der Waals surface area contributed by atoms with Crippen LogP contribution in [-0.4, -0.2) is 54.2 Å². The van der Waals surface area contributed by atoms with Crippen LogP contribution in [0.3, 0.4) is 0 Å². The molecule has 1 aliphatic carbocycles. The molecule has 1 fully saturated rings. The Labute approximate surface area is 200 Å². The van der Waals surface area contributed by atoms with E-state index in [0.717, 1.165) is 11.1 Å². The number of carboxylic acid groups (broad SMARTS) is 1. The molecular weight excluding hydrogens is 432 g/mol. The van der Waals surface area contributed by atoms with Crippen molar-refractivity contribution in [2.45, 2.75) is 33.1 Å². The first kappa shape index (κ1) is 23.8. The Morgan fingerprint density at radius 3 is 2.18 bits per heavy atom. The van der Waals surface area contributed by atoms with Gasteiger partial charge in [-0.15, -0.1) is 0 Å². The molecule has 7 heteroatoms. The van der Waals surface area contributed by atoms with E-state index < -0.39 is 23.4 Å². The van der Waals surface area contributed by atoms with Crippen LogP contribution in [0.2, 0.25) is 0 Å². The minimum atomic E-state index is -0.840. The smallest absolute Gasteiger partial charge is 0.407 e. The van der Waals surface area contributed by atoms with E-state index in [9.17, 15) is 14.4 Å². The monoisotopic (exact) mass is 464 g/mol. The van der Waals surface area contributed by atoms with Crippen LogP contribution in [0.25, 0.3) is 11.1 Å². The summed E-state index contributed by atoms with van der Waals surface area (Å²) < 4.78 is 5.59. The zero-order valence-corrected chi connectivity index (χ0v) is 19.9. The fourth-order valence-electron chi connectivity index (χ4n) is 4.85. The van der Waals surface area contributed by atoms with E-state index in [2.05, 4.69) is 29.6 Å². The summed E-state index contributed by atoms with van der Waals surface area (Å²) >= 11 is 0. The lowest BCUT2D eigenvalue weighted by atomic mass is 9.81. The highest BCUT2D eigenvalue weighted by molar-refractivity contribution is 5.84. The summed E-state index contributed by atoms with van der Waals surface area (Å²) in [5.41, 5.74) is 3.85. The number of fused-ring (bicyclic) bond motifs is 3. The van der Waals surface area contributed by atoms with Crippen LogP contribution in [0.4, 0.5) is 4.79 Å². The van der Waals surface area contributed by atoms with E-state index in [1.165, 1.54) is 11.1 Å². The standard InChI is InChI=1S/C27H32N2O5/c1-4-27(3,25(32)29-13-18(14-29)17(2)24(30)31)16-28-26(33)34-15-23-21-11-7-5-9-19(21)20-10-6-8-12-22(20)23/h5-12,17-18,23H,4,13-16H2,1-3H3,(H,28,33)(H,30,31). The summed E-state index contributed by atoms with van der Waals surface area (Å²) in [5, 5.41) is 11.9. The Balaban J connectivity index is 1.32. The first-order chi connectivity index (χ1) is 16.2. The molecule has 0 spiro atoms. The zero-order chi connectivity index (χ0) is 24.5. The minimum Gasteiger partial charge on any atom is -0.481 e. The number of amides is 2. The van der Waals surface area contributed by atoms with Gasteiger partial charge in [0.25, 0.3) is 0 Å². The van der Waals surface area contributed by atoms with E-state index in [1.807, 2.05) is 38.1 Å². The van der Waals surface area contributed by atoms with Crippen LogP contribution in [0, 0.1) is 17.3 Å². The molecule has 1 aliphatic heterocycles. The van der Waals surface area contributed by atoms with Gasteiger partial charge in [-0.1, -0.05) is 62.4 Å². The second-order valence-electron chi connectivity index (χ2n) is 9.69. The molecule has 4 rings (SSSR count). The van der Waals surface area contributed by atoms with Gasteiger partial charge < -0.3 is 20.1 Å². The van der Waals surface area contributed by atoms with Gasteiger partial charge in [0.15, 0.2) is 0 Å². The molecule has 2 aromatic rings. The Morgan fingerprint density at radius 2 is 1.65 bits per heavy atom. The molecule has 0 saturated carbocycles. The maximum atomic E-state index is 13.1. The topological polar surface area (TPSA) is 95.9 Å². The quantitative estimate of drug-likeness (QED) is 0.613. The van der Waals surface area contributed by atoms with Crippen molar-refractivity contribution in [3.8, 4) is 11.1 Å². The van der Waals surface area contributed by atoms with Gasteiger partial charge >= 0.3 is 12.1 Å². The van der Waals surface area contributed by atoms with E-state index in [-0.39, 0.29) is 30.9 Å². The van der Waals surface area contributed by atoms with Crippen molar-refractivity contribution in [1.29, 1.82) is 0 Å². The molecule has 1 heterocycles. The number of nitrogens with zero attached hydrogens (tertiary/aromatic N) is 1. The number of carbonyl (C=O) groups excluding carboxylic acids is 2. The van der Waals surface area contributed by atoms with Crippen LogP contribution in [0.5, 0.6) is 0 Å². The molecule has 2 N–H and O–H groups in total. The van der Waals surface area contributed by atoms with E-state index in [0.29, 0.717) is 19.5 Å². The van der Waals surface area contributed by atoms with Crippen molar-refractivity contribution in [1.82, 2.24) is 10.2 Å². The summed E-state index contributed by atoms with van der Waals surface area (Å²) in [6.45, 7) is 6.67. The second kappa shape index (κ2) is 9.49. The van der Waals surface area contributed by atoms with Crippen LogP contribution in [0.15, 0.2) is 48.5 Å². The summed E-state index contributed by atoms with van der Waals surface area (Å²) in [4.78, 5) is 38.5. The fourth-order valence-corrected chi connectivity index (χ4v) is 4.85. The third-order valence-corrected chi connectivity index (χ3v) is 7.56. The van der Waals surface area contributed by atoms with Crippen molar-refractivity contribution in [2.75, 3.05) is 26.2 Å². The Bertz CT molecular complexity index is 1050. The Hall–Kier alpha value is -3.35. The number of rotatable bonds is 8. The largest absolute Gasteiger partial charge is 0.481 e. The molecule has 2 amide bonds. The molecule has 180 valence electrons. The van der Waals surface area contributed by atoms with Gasteiger partial charge in [0.05, 0.1) is 11.3 Å². The van der Waals surface area contributed by atoms with Gasteiger partial charge in [-0.2, -0.15) is 0 Å². The highest BCUT2D eigenvalue weighted by Crippen LogP contribution is 2.44. The number of nitrogens with one attached hydrogen (secondary N) is 1. The number of benzene rings is 2. The first-order valence-corrected chi connectivity index (χ1v) is 11.9. The van der Waals surface area contributed by atoms with Gasteiger partial charge in [-0.05, 0) is 35.6 Å². The summed E-state index contributed by atoms with van der Waals surface area (Å²) in [6.07, 6.45) is 0.000768. The SMILES string of the molecule is CCC(C)(CNC(=O)OCC1c2ccccc2-c2ccccc21)C(=O)N1CC(C(C)C(=O)O)C1. The van der Waals surface area contributed by atoms with Gasteiger partial charge in [0.2, 0.25) is 5.91 Å². The maximum absolute atomic E-state index is 13.1. The Kier molecular flexibility index (Phi) is 6.64. The Morgan fingerprint density at radius 1 is 1.09 bits per heavy atom. The number of hydrogen-bond acceptors (Lipinski definition) is 4. The predicted molar refractivity (Wildman–Crippen MR) is 128 cm³/mol. The van der Waals surface area contributed by atoms with Gasteiger partial charge in [0.1, 0.15) is 6.61 Å². The lowest BCUT2D eigenvalue weighted by Gasteiger charge is -2.45. The van der Waals surface area contributed by atoms with Gasteiger partial charge in [0, 0.05) is 31.5 Å². The van der Waals surface area contributed by atoms with E-state index in [4.69, 9.17) is 9.84 Å². The highest BCUT2D eigenvalue weighted by Gasteiger charge is 2.43. The molecule has 0 aromatic heterocycles. The average molecular weight is 465 g/mol. The molecule has 2 unspecified atom stereocenters. The fraction of sp³-hybridized carbons (Fsp3) is 0.444. The van der Waals surface area contributed by atoms with Crippen molar-refractivity contribution in [2.24, 2.45) is 17.3 Å². The molecule has 7 nitrogen and oxygen atoms in total. The highest BCUT2D eigenvalue weighted by atomic mass is 16.5. The summed E-state index contributed by atoms with van der Waals surface area (Å²) in [7, 11) is 0. The third-order valence-electron chi connectivity index (χ3n) is 7.56. The number of aliphatic carboxylic acids is 1. The molecular formula is C27H32N2O5. The van der Waals surface area contributed by atoms with Crippen molar-refractivity contribution >= 4 is 18.0 Å².